The molecule has 0 unspecified atom stereocenters. The van der Waals surface area contributed by atoms with Crippen LogP contribution in [0.2, 0.25) is 0 Å². The Labute approximate surface area is 109 Å². The lowest BCUT2D eigenvalue weighted by Crippen LogP contribution is -2.01. The normalized spacial score (nSPS) is 10.4. The van der Waals surface area contributed by atoms with Crippen LogP contribution in [-0.2, 0) is 6.54 Å². The van der Waals surface area contributed by atoms with Gasteiger partial charge in [0.05, 0.1) is 6.54 Å². The first-order valence-electron chi connectivity index (χ1n) is 5.20. The van der Waals surface area contributed by atoms with Gasteiger partial charge >= 0.3 is 0 Å². The fourth-order valence-corrected chi connectivity index (χ4v) is 3.15. The highest BCUT2D eigenvalue weighted by Crippen LogP contribution is 2.25. The Morgan fingerprint density at radius 2 is 1.88 bits per heavy atom. The van der Waals surface area contributed by atoms with Gasteiger partial charge < -0.3 is 5.32 Å². The van der Waals surface area contributed by atoms with Crippen LogP contribution in [0.25, 0.3) is 0 Å². The molecule has 1 aromatic heterocycles. The van der Waals surface area contributed by atoms with Crippen LogP contribution in [-0.4, -0.2) is 0 Å². The smallest absolute Gasteiger partial charge is 0.0505 e. The van der Waals surface area contributed by atoms with Crippen molar-refractivity contribution in [2.24, 2.45) is 0 Å². The molecule has 0 aliphatic heterocycles. The Hall–Kier alpha value is -0.800. The Kier molecular flexibility index (Phi) is 3.66. The molecule has 16 heavy (non-hydrogen) atoms. The van der Waals surface area contributed by atoms with E-state index >= 15 is 0 Å². The SMILES string of the molecule is Cc1cccc(C)c1NCc1sccc1Br. The molecule has 0 fully saturated rings. The van der Waals surface area contributed by atoms with Gasteiger partial charge in [0.15, 0.2) is 0 Å². The molecule has 0 atom stereocenters. The third kappa shape index (κ3) is 2.47. The minimum atomic E-state index is 0.879. The summed E-state index contributed by atoms with van der Waals surface area (Å²) in [6, 6.07) is 8.46. The first-order chi connectivity index (χ1) is 7.68. The molecule has 1 N–H and O–H groups in total. The Balaban J connectivity index is 2.14. The van der Waals surface area contributed by atoms with Crippen molar-refractivity contribution in [2.45, 2.75) is 20.4 Å². The van der Waals surface area contributed by atoms with Gasteiger partial charge in [0.2, 0.25) is 0 Å². The van der Waals surface area contributed by atoms with Crippen LogP contribution in [0.5, 0.6) is 0 Å². The molecule has 2 aromatic rings. The van der Waals surface area contributed by atoms with Crippen LogP contribution in [0.3, 0.4) is 0 Å². The van der Waals surface area contributed by atoms with Crippen molar-refractivity contribution in [1.82, 2.24) is 0 Å². The molecular formula is C13H14BrNS. The van der Waals surface area contributed by atoms with Gasteiger partial charge in [0.25, 0.3) is 0 Å². The quantitative estimate of drug-likeness (QED) is 0.862. The summed E-state index contributed by atoms with van der Waals surface area (Å²) in [5.74, 6) is 0. The van der Waals surface area contributed by atoms with Crippen molar-refractivity contribution in [3.63, 3.8) is 0 Å². The zero-order chi connectivity index (χ0) is 11.5. The zero-order valence-corrected chi connectivity index (χ0v) is 11.8. The number of nitrogens with one attached hydrogen (secondary N) is 1. The van der Waals surface area contributed by atoms with Crippen molar-refractivity contribution in [3.05, 3.63) is 50.1 Å². The Bertz CT molecular complexity index is 470. The summed E-state index contributed by atoms with van der Waals surface area (Å²) in [5.41, 5.74) is 3.85. The molecule has 0 saturated heterocycles. The highest BCUT2D eigenvalue weighted by atomic mass is 79.9. The molecule has 0 radical (unpaired) electrons. The molecule has 2 rings (SSSR count). The van der Waals surface area contributed by atoms with Gasteiger partial charge in [0.1, 0.15) is 0 Å². The van der Waals surface area contributed by atoms with Gasteiger partial charge in [-0.05, 0) is 52.4 Å². The van der Waals surface area contributed by atoms with E-state index in [1.807, 2.05) is 0 Å². The maximum atomic E-state index is 3.55. The lowest BCUT2D eigenvalue weighted by molar-refractivity contribution is 1.16. The third-order valence-electron chi connectivity index (χ3n) is 2.60. The number of benzene rings is 1. The van der Waals surface area contributed by atoms with E-state index in [2.05, 4.69) is 64.7 Å². The molecule has 1 nitrogen and oxygen atoms in total. The molecule has 1 heterocycles. The predicted molar refractivity (Wildman–Crippen MR) is 75.3 cm³/mol. The molecule has 0 aliphatic carbocycles. The van der Waals surface area contributed by atoms with Crippen LogP contribution in [0, 0.1) is 13.8 Å². The average molecular weight is 296 g/mol. The number of thiophene rings is 1. The van der Waals surface area contributed by atoms with E-state index in [1.165, 1.54) is 26.2 Å². The summed E-state index contributed by atoms with van der Waals surface area (Å²) in [7, 11) is 0. The van der Waals surface area contributed by atoms with Crippen molar-refractivity contribution < 1.29 is 0 Å². The van der Waals surface area contributed by atoms with Crippen LogP contribution < -0.4 is 5.32 Å². The summed E-state index contributed by atoms with van der Waals surface area (Å²) in [6.45, 7) is 5.15. The summed E-state index contributed by atoms with van der Waals surface area (Å²) in [4.78, 5) is 1.34. The lowest BCUT2D eigenvalue weighted by Gasteiger charge is -2.11. The van der Waals surface area contributed by atoms with Crippen LogP contribution in [0.1, 0.15) is 16.0 Å². The van der Waals surface area contributed by atoms with E-state index in [0.717, 1.165) is 6.54 Å². The largest absolute Gasteiger partial charge is 0.380 e. The number of para-hydroxylation sites is 1. The number of halogens is 1. The highest BCUT2D eigenvalue weighted by molar-refractivity contribution is 9.10. The minimum Gasteiger partial charge on any atom is -0.380 e. The molecule has 84 valence electrons. The van der Waals surface area contributed by atoms with Crippen molar-refractivity contribution in [2.75, 3.05) is 5.32 Å². The van der Waals surface area contributed by atoms with E-state index in [1.54, 1.807) is 11.3 Å². The maximum absolute atomic E-state index is 3.55. The molecule has 0 bridgehead atoms. The predicted octanol–water partition coefficient (Wildman–Crippen LogP) is 4.74. The van der Waals surface area contributed by atoms with E-state index in [-0.39, 0.29) is 0 Å². The number of hydrogen-bond donors (Lipinski definition) is 1. The second kappa shape index (κ2) is 5.02. The maximum Gasteiger partial charge on any atom is 0.0505 e. The molecule has 3 heteroatoms. The van der Waals surface area contributed by atoms with Crippen LogP contribution in [0.4, 0.5) is 5.69 Å². The minimum absolute atomic E-state index is 0.879. The molecular weight excluding hydrogens is 282 g/mol. The first-order valence-corrected chi connectivity index (χ1v) is 6.87. The standard InChI is InChI=1S/C13H14BrNS/c1-9-4-3-5-10(2)13(9)15-8-12-11(14)6-7-16-12/h3-7,15H,8H2,1-2H3. The van der Waals surface area contributed by atoms with Gasteiger partial charge in [-0.3, -0.25) is 0 Å². The van der Waals surface area contributed by atoms with Crippen LogP contribution in [0.15, 0.2) is 34.1 Å². The molecule has 0 spiro atoms. The van der Waals surface area contributed by atoms with Crippen molar-refractivity contribution in [1.29, 1.82) is 0 Å². The van der Waals surface area contributed by atoms with Gasteiger partial charge in [-0.15, -0.1) is 11.3 Å². The number of anilines is 1. The van der Waals surface area contributed by atoms with E-state index < -0.39 is 0 Å². The number of aryl methyl sites for hydroxylation is 2. The number of rotatable bonds is 3. The lowest BCUT2D eigenvalue weighted by atomic mass is 10.1. The van der Waals surface area contributed by atoms with Gasteiger partial charge in [-0.1, -0.05) is 18.2 Å². The van der Waals surface area contributed by atoms with Gasteiger partial charge in [-0.25, -0.2) is 0 Å². The summed E-state index contributed by atoms with van der Waals surface area (Å²) < 4.78 is 1.19. The van der Waals surface area contributed by atoms with E-state index in [0.29, 0.717) is 0 Å². The fourth-order valence-electron chi connectivity index (χ4n) is 1.71. The monoisotopic (exact) mass is 295 g/mol. The van der Waals surface area contributed by atoms with E-state index in [4.69, 9.17) is 0 Å². The van der Waals surface area contributed by atoms with Gasteiger partial charge in [-0.2, -0.15) is 0 Å². The van der Waals surface area contributed by atoms with Crippen molar-refractivity contribution >= 4 is 33.0 Å². The molecule has 0 saturated carbocycles. The molecule has 0 aliphatic rings. The first kappa shape index (κ1) is 11.7. The van der Waals surface area contributed by atoms with E-state index in [9.17, 15) is 0 Å². The fraction of sp³-hybridized carbons (Fsp3) is 0.231. The van der Waals surface area contributed by atoms with Crippen LogP contribution >= 0.6 is 27.3 Å². The highest BCUT2D eigenvalue weighted by Gasteiger charge is 2.04. The number of hydrogen-bond acceptors (Lipinski definition) is 2. The topological polar surface area (TPSA) is 12.0 Å². The second-order valence-electron chi connectivity index (χ2n) is 3.81. The summed E-state index contributed by atoms with van der Waals surface area (Å²) in [6.07, 6.45) is 0. The summed E-state index contributed by atoms with van der Waals surface area (Å²) >= 11 is 5.32. The molecule has 0 amide bonds. The molecule has 1 aromatic carbocycles. The Morgan fingerprint density at radius 3 is 2.44 bits per heavy atom. The second-order valence-corrected chi connectivity index (χ2v) is 5.67. The third-order valence-corrected chi connectivity index (χ3v) is 4.52. The average Bonchev–Trinajstić information content (AvgIpc) is 2.64. The zero-order valence-electron chi connectivity index (χ0n) is 9.38. The summed E-state index contributed by atoms with van der Waals surface area (Å²) in [5, 5.41) is 5.61. The Morgan fingerprint density at radius 1 is 1.19 bits per heavy atom. The van der Waals surface area contributed by atoms with Gasteiger partial charge in [0, 0.05) is 15.0 Å². The van der Waals surface area contributed by atoms with Crippen molar-refractivity contribution in [3.8, 4) is 0 Å².